The minimum Gasteiger partial charge on any atom is -0.457 e. The summed E-state index contributed by atoms with van der Waals surface area (Å²) in [6.45, 7) is 2.59. The van der Waals surface area contributed by atoms with Crippen molar-refractivity contribution in [3.8, 4) is 23.0 Å². The summed E-state index contributed by atoms with van der Waals surface area (Å²) in [6.07, 6.45) is -3.77. The summed E-state index contributed by atoms with van der Waals surface area (Å²) < 4.78 is 113. The lowest BCUT2D eigenvalue weighted by Gasteiger charge is -2.24. The van der Waals surface area contributed by atoms with Crippen LogP contribution in [0.25, 0.3) is 11.5 Å². The van der Waals surface area contributed by atoms with Crippen LogP contribution in [0.3, 0.4) is 0 Å². The summed E-state index contributed by atoms with van der Waals surface area (Å²) in [5, 5.41) is 7.79. The van der Waals surface area contributed by atoms with E-state index < -0.39 is 59.7 Å². The minimum atomic E-state index is -4.78. The third kappa shape index (κ3) is 6.47. The summed E-state index contributed by atoms with van der Waals surface area (Å²) in [5.74, 6) is -3.16. The molecule has 1 aliphatic heterocycles. The van der Waals surface area contributed by atoms with E-state index in [0.717, 1.165) is 17.2 Å². The Balaban J connectivity index is 1.48. The minimum absolute atomic E-state index is 0.0441. The zero-order valence-electron chi connectivity index (χ0n) is 24.4. The highest BCUT2D eigenvalue weighted by atomic mass is 32.2. The van der Waals surface area contributed by atoms with Crippen molar-refractivity contribution in [2.24, 2.45) is 5.73 Å². The van der Waals surface area contributed by atoms with Gasteiger partial charge in [-0.05, 0) is 61.9 Å². The smallest absolute Gasteiger partial charge is 0.416 e. The van der Waals surface area contributed by atoms with Gasteiger partial charge in [0.25, 0.3) is 0 Å². The molecule has 0 bridgehead atoms. The van der Waals surface area contributed by atoms with E-state index in [1.54, 1.807) is 0 Å². The van der Waals surface area contributed by atoms with Gasteiger partial charge in [-0.15, -0.1) is 10.2 Å². The molecule has 17 heteroatoms. The van der Waals surface area contributed by atoms with Crippen LogP contribution in [0.1, 0.15) is 30.9 Å². The van der Waals surface area contributed by atoms with Crippen molar-refractivity contribution in [3.05, 3.63) is 83.5 Å². The number of sulfone groups is 2. The molecule has 0 aliphatic carbocycles. The van der Waals surface area contributed by atoms with Gasteiger partial charge in [0.05, 0.1) is 34.5 Å². The second kappa shape index (κ2) is 11.5. The van der Waals surface area contributed by atoms with E-state index in [1.165, 1.54) is 56.3 Å². The summed E-state index contributed by atoms with van der Waals surface area (Å²) >= 11 is 0. The molecule has 1 atom stereocenters. The molecule has 0 spiro atoms. The van der Waals surface area contributed by atoms with Gasteiger partial charge in [0.2, 0.25) is 17.7 Å². The monoisotopic (exact) mass is 682 g/mol. The lowest BCUT2D eigenvalue weighted by Crippen LogP contribution is -2.45. The molecule has 1 aliphatic rings. The number of aromatic nitrogens is 2. The number of nitrogens with zero attached hydrogens (tertiary/aromatic N) is 3. The normalized spacial score (nSPS) is 17.0. The Labute approximate surface area is 260 Å². The molecule has 0 saturated carbocycles. The van der Waals surface area contributed by atoms with Crippen LogP contribution in [0.15, 0.2) is 70.0 Å². The van der Waals surface area contributed by atoms with Gasteiger partial charge in [-0.1, -0.05) is 12.1 Å². The number of benzene rings is 3. The van der Waals surface area contributed by atoms with Crippen molar-refractivity contribution in [2.75, 3.05) is 16.9 Å². The molecular weight excluding hydrogens is 656 g/mol. The molecule has 0 fully saturated rings. The summed E-state index contributed by atoms with van der Waals surface area (Å²) in [4.78, 5) is 14.4. The van der Waals surface area contributed by atoms with Crippen LogP contribution in [0.5, 0.6) is 11.5 Å². The summed E-state index contributed by atoms with van der Waals surface area (Å²) in [5.41, 5.74) is 5.37. The predicted octanol–water partition coefficient (Wildman–Crippen LogP) is 4.61. The zero-order valence-corrected chi connectivity index (χ0v) is 26.0. The second-order valence-electron chi connectivity index (χ2n) is 11.1. The highest BCUT2D eigenvalue weighted by Crippen LogP contribution is 2.37. The molecule has 244 valence electrons. The van der Waals surface area contributed by atoms with E-state index in [1.807, 2.05) is 0 Å². The number of nitrogens with two attached hydrogens (primary N) is 1. The fourth-order valence-electron chi connectivity index (χ4n) is 4.51. The van der Waals surface area contributed by atoms with E-state index in [2.05, 4.69) is 10.2 Å². The average molecular weight is 683 g/mol. The Morgan fingerprint density at radius 2 is 1.70 bits per heavy atom. The molecule has 0 radical (unpaired) electrons. The molecule has 1 amide bonds. The molecule has 2 N–H and O–H groups in total. The van der Waals surface area contributed by atoms with E-state index >= 15 is 0 Å². The molecule has 11 nitrogen and oxygen atoms in total. The molecule has 0 unspecified atom stereocenters. The van der Waals surface area contributed by atoms with Crippen LogP contribution in [0.4, 0.5) is 23.2 Å². The van der Waals surface area contributed by atoms with Crippen LogP contribution >= 0.6 is 0 Å². The SMILES string of the molecule is CC(C)(c1nnc(-c2ccc3c(c2)N(Cc2ccc(Oc4cc(F)cc(C(F)(F)F)c4)cc2)C(=O)[C@@H](N)CS3(=O)=O)o1)S(C)(=O)=O. The van der Waals surface area contributed by atoms with Gasteiger partial charge in [0.15, 0.2) is 19.7 Å². The highest BCUT2D eigenvalue weighted by Gasteiger charge is 2.39. The van der Waals surface area contributed by atoms with Crippen molar-refractivity contribution in [3.63, 3.8) is 0 Å². The number of alkyl halides is 3. The largest absolute Gasteiger partial charge is 0.457 e. The molecule has 46 heavy (non-hydrogen) atoms. The van der Waals surface area contributed by atoms with E-state index in [-0.39, 0.29) is 46.0 Å². The number of anilines is 1. The Morgan fingerprint density at radius 3 is 2.33 bits per heavy atom. The maximum Gasteiger partial charge on any atom is 0.416 e. The number of hydrogen-bond acceptors (Lipinski definition) is 10. The maximum atomic E-state index is 13.8. The van der Waals surface area contributed by atoms with Crippen LogP contribution < -0.4 is 15.4 Å². The van der Waals surface area contributed by atoms with Crippen molar-refractivity contribution in [2.45, 2.75) is 42.3 Å². The summed E-state index contributed by atoms with van der Waals surface area (Å²) in [6, 6.07) is 10.1. The molecule has 1 aromatic heterocycles. The van der Waals surface area contributed by atoms with Gasteiger partial charge in [0.1, 0.15) is 22.1 Å². The van der Waals surface area contributed by atoms with E-state index in [9.17, 15) is 39.2 Å². The second-order valence-corrected chi connectivity index (χ2v) is 15.7. The molecular formula is C29H26F4N4O7S2. The van der Waals surface area contributed by atoms with Crippen molar-refractivity contribution >= 4 is 31.3 Å². The predicted molar refractivity (Wildman–Crippen MR) is 157 cm³/mol. The number of halogens is 4. The zero-order chi connectivity index (χ0) is 33.8. The Bertz CT molecular complexity index is 2050. The van der Waals surface area contributed by atoms with E-state index in [0.29, 0.717) is 17.7 Å². The molecule has 3 aromatic carbocycles. The fourth-order valence-corrected chi connectivity index (χ4v) is 6.47. The number of hydrogen-bond donors (Lipinski definition) is 1. The van der Waals surface area contributed by atoms with E-state index in [4.69, 9.17) is 14.9 Å². The van der Waals surface area contributed by atoms with Crippen molar-refractivity contribution in [1.82, 2.24) is 10.2 Å². The van der Waals surface area contributed by atoms with Gasteiger partial charge in [-0.3, -0.25) is 4.79 Å². The number of amides is 1. The standard InChI is InChI=1S/C29H26F4N4O7S2/c1-28(2,45(3,39)40)27-36-35-25(44-27)17-6-9-24-23(10-17)37(26(38)22(34)15-46(24,41)42)14-16-4-7-20(8-5-16)43-21-12-18(29(31,32)33)11-19(30)13-21/h4-13,22H,14-15,34H2,1-3H3/t22-/m0/s1. The fraction of sp³-hybridized carbons (Fsp3) is 0.276. The number of carbonyl (C=O) groups is 1. The van der Waals surface area contributed by atoms with Crippen molar-refractivity contribution in [1.29, 1.82) is 0 Å². The number of rotatable bonds is 7. The Kier molecular flexibility index (Phi) is 8.23. The Morgan fingerprint density at radius 1 is 1.02 bits per heavy atom. The lowest BCUT2D eigenvalue weighted by molar-refractivity contribution is -0.137. The first-order valence-electron chi connectivity index (χ1n) is 13.4. The van der Waals surface area contributed by atoms with Gasteiger partial charge < -0.3 is 19.8 Å². The van der Waals surface area contributed by atoms with Crippen LogP contribution in [-0.2, 0) is 41.9 Å². The topological polar surface area (TPSA) is 163 Å². The van der Waals surface area contributed by atoms with Crippen LogP contribution in [0.2, 0.25) is 0 Å². The van der Waals surface area contributed by atoms with Crippen molar-refractivity contribution < 1.29 is 48.3 Å². The van der Waals surface area contributed by atoms with Gasteiger partial charge in [-0.2, -0.15) is 13.2 Å². The number of ether oxygens (including phenoxy) is 1. The maximum absolute atomic E-state index is 13.8. The third-order valence-corrected chi connectivity index (χ3v) is 11.2. The number of fused-ring (bicyclic) bond motifs is 1. The van der Waals surface area contributed by atoms with Crippen LogP contribution in [-0.4, -0.2) is 51.0 Å². The molecule has 2 heterocycles. The first kappa shape index (κ1) is 33.0. The average Bonchev–Trinajstić information content (AvgIpc) is 3.44. The molecule has 0 saturated heterocycles. The van der Waals surface area contributed by atoms with Gasteiger partial charge in [0, 0.05) is 17.9 Å². The number of carbonyl (C=O) groups excluding carboxylic acids is 1. The lowest BCUT2D eigenvalue weighted by atomic mass is 10.1. The first-order valence-corrected chi connectivity index (χ1v) is 16.9. The Hall–Kier alpha value is -4.35. The first-order chi connectivity index (χ1) is 21.3. The quantitative estimate of drug-likeness (QED) is 0.272. The van der Waals surface area contributed by atoms with Gasteiger partial charge in [-0.25, -0.2) is 21.2 Å². The summed E-state index contributed by atoms with van der Waals surface area (Å²) in [7, 11) is -7.70. The van der Waals surface area contributed by atoms with Crippen LogP contribution in [0, 0.1) is 5.82 Å². The third-order valence-electron chi connectivity index (χ3n) is 7.38. The van der Waals surface area contributed by atoms with Gasteiger partial charge >= 0.3 is 6.18 Å². The molecule has 4 aromatic rings. The highest BCUT2D eigenvalue weighted by molar-refractivity contribution is 7.92. The molecule has 5 rings (SSSR count).